The molecule has 0 saturated heterocycles. The summed E-state index contributed by atoms with van der Waals surface area (Å²) >= 11 is 0. The standard InChI is InChI=1S/C19H22N4O/c1-14(2)24-17-9-7-15(8-10-17)12-16(13-20)19-22-21-18-6-4-3-5-11-23(18)19/h7-10,12,14H,3-6,11H2,1-2H3/b16-12-. The highest BCUT2D eigenvalue weighted by atomic mass is 16.5. The van der Waals surface area contributed by atoms with Crippen LogP contribution in [0, 0.1) is 11.3 Å². The van der Waals surface area contributed by atoms with E-state index >= 15 is 0 Å². The zero-order valence-corrected chi connectivity index (χ0v) is 14.2. The molecule has 0 amide bonds. The number of aryl methyl sites for hydroxylation is 1. The molecule has 0 fully saturated rings. The Morgan fingerprint density at radius 1 is 1.21 bits per heavy atom. The van der Waals surface area contributed by atoms with Crippen LogP contribution in [0.15, 0.2) is 24.3 Å². The highest BCUT2D eigenvalue weighted by Gasteiger charge is 2.17. The molecule has 0 radical (unpaired) electrons. The van der Waals surface area contributed by atoms with E-state index in [1.54, 1.807) is 0 Å². The summed E-state index contributed by atoms with van der Waals surface area (Å²) in [6.45, 7) is 4.88. The molecule has 24 heavy (non-hydrogen) atoms. The molecule has 2 aromatic rings. The van der Waals surface area contributed by atoms with Crippen molar-refractivity contribution in [3.8, 4) is 11.8 Å². The summed E-state index contributed by atoms with van der Waals surface area (Å²) in [4.78, 5) is 0. The summed E-state index contributed by atoms with van der Waals surface area (Å²) in [5, 5.41) is 18.1. The van der Waals surface area contributed by atoms with E-state index in [-0.39, 0.29) is 6.10 Å². The minimum absolute atomic E-state index is 0.146. The van der Waals surface area contributed by atoms with Gasteiger partial charge in [-0.1, -0.05) is 18.6 Å². The summed E-state index contributed by atoms with van der Waals surface area (Å²) in [6.07, 6.45) is 6.39. The quantitative estimate of drug-likeness (QED) is 0.802. The van der Waals surface area contributed by atoms with Crippen LogP contribution in [-0.4, -0.2) is 20.9 Å². The van der Waals surface area contributed by atoms with Gasteiger partial charge in [0.05, 0.1) is 11.7 Å². The fourth-order valence-electron chi connectivity index (χ4n) is 2.91. The third-order valence-electron chi connectivity index (χ3n) is 4.03. The Morgan fingerprint density at radius 3 is 2.71 bits per heavy atom. The fraction of sp³-hybridized carbons (Fsp3) is 0.421. The Morgan fingerprint density at radius 2 is 2.00 bits per heavy atom. The van der Waals surface area contributed by atoms with E-state index in [2.05, 4.69) is 20.8 Å². The van der Waals surface area contributed by atoms with E-state index in [1.807, 2.05) is 44.2 Å². The lowest BCUT2D eigenvalue weighted by atomic mass is 10.1. The second kappa shape index (κ2) is 7.31. The van der Waals surface area contributed by atoms with Gasteiger partial charge < -0.3 is 9.30 Å². The molecule has 0 saturated carbocycles. The van der Waals surface area contributed by atoms with E-state index in [4.69, 9.17) is 4.74 Å². The number of benzene rings is 1. The molecule has 0 atom stereocenters. The van der Waals surface area contributed by atoms with Gasteiger partial charge >= 0.3 is 0 Å². The van der Waals surface area contributed by atoms with Crippen molar-refractivity contribution in [1.29, 1.82) is 5.26 Å². The molecule has 0 bridgehead atoms. The number of nitrogens with zero attached hydrogens (tertiary/aromatic N) is 4. The summed E-state index contributed by atoms with van der Waals surface area (Å²) < 4.78 is 7.74. The lowest BCUT2D eigenvalue weighted by molar-refractivity contribution is 0.242. The van der Waals surface area contributed by atoms with E-state index in [0.29, 0.717) is 11.4 Å². The Bertz CT molecular complexity index is 766. The first-order valence-corrected chi connectivity index (χ1v) is 8.48. The smallest absolute Gasteiger partial charge is 0.174 e. The number of ether oxygens (including phenoxy) is 1. The van der Waals surface area contributed by atoms with Gasteiger partial charge in [0.25, 0.3) is 0 Å². The van der Waals surface area contributed by atoms with E-state index in [0.717, 1.165) is 42.9 Å². The van der Waals surface area contributed by atoms with Crippen molar-refractivity contribution in [1.82, 2.24) is 14.8 Å². The minimum atomic E-state index is 0.146. The van der Waals surface area contributed by atoms with Crippen LogP contribution in [0.1, 0.15) is 50.3 Å². The number of aromatic nitrogens is 3. The van der Waals surface area contributed by atoms with Crippen LogP contribution in [0.3, 0.4) is 0 Å². The maximum atomic E-state index is 9.58. The third-order valence-corrected chi connectivity index (χ3v) is 4.03. The van der Waals surface area contributed by atoms with Crippen molar-refractivity contribution < 1.29 is 4.74 Å². The van der Waals surface area contributed by atoms with Gasteiger partial charge in [0, 0.05) is 13.0 Å². The summed E-state index contributed by atoms with van der Waals surface area (Å²) in [6, 6.07) is 10.0. The van der Waals surface area contributed by atoms with E-state index in [9.17, 15) is 5.26 Å². The predicted octanol–water partition coefficient (Wildman–Crippen LogP) is 3.86. The molecule has 2 heterocycles. The number of fused-ring (bicyclic) bond motifs is 1. The Hall–Kier alpha value is -2.61. The molecule has 1 aromatic carbocycles. The molecular weight excluding hydrogens is 300 g/mol. The first-order valence-electron chi connectivity index (χ1n) is 8.48. The molecule has 5 nitrogen and oxygen atoms in total. The highest BCUT2D eigenvalue weighted by Crippen LogP contribution is 2.22. The molecule has 3 rings (SSSR count). The number of rotatable bonds is 4. The van der Waals surface area contributed by atoms with Crippen LogP contribution < -0.4 is 4.74 Å². The van der Waals surface area contributed by atoms with Crippen LogP contribution in [0.4, 0.5) is 0 Å². The Labute approximate surface area is 142 Å². The molecule has 1 aliphatic heterocycles. The van der Waals surface area contributed by atoms with E-state index < -0.39 is 0 Å². The molecule has 0 spiro atoms. The van der Waals surface area contributed by atoms with Gasteiger partial charge in [0.2, 0.25) is 0 Å². The summed E-state index contributed by atoms with van der Waals surface area (Å²) in [5.74, 6) is 2.50. The zero-order chi connectivity index (χ0) is 16.9. The lowest BCUT2D eigenvalue weighted by Crippen LogP contribution is -2.05. The average molecular weight is 322 g/mol. The summed E-state index contributed by atoms with van der Waals surface area (Å²) in [5.41, 5.74) is 1.50. The summed E-state index contributed by atoms with van der Waals surface area (Å²) in [7, 11) is 0. The number of nitriles is 1. The second-order valence-electron chi connectivity index (χ2n) is 6.31. The van der Waals surface area contributed by atoms with Gasteiger partial charge in [-0.05, 0) is 50.5 Å². The molecule has 5 heteroatoms. The van der Waals surface area contributed by atoms with Crippen LogP contribution in [-0.2, 0) is 13.0 Å². The van der Waals surface area contributed by atoms with Crippen LogP contribution >= 0.6 is 0 Å². The molecule has 0 aliphatic carbocycles. The molecule has 124 valence electrons. The first-order chi connectivity index (χ1) is 11.7. The second-order valence-corrected chi connectivity index (χ2v) is 6.31. The maximum Gasteiger partial charge on any atom is 0.174 e. The van der Waals surface area contributed by atoms with Gasteiger partial charge in [-0.2, -0.15) is 5.26 Å². The Balaban J connectivity index is 1.88. The van der Waals surface area contributed by atoms with Crippen molar-refractivity contribution in [3.63, 3.8) is 0 Å². The fourth-order valence-corrected chi connectivity index (χ4v) is 2.91. The van der Waals surface area contributed by atoms with Crippen molar-refractivity contribution in [3.05, 3.63) is 41.5 Å². The lowest BCUT2D eigenvalue weighted by Gasteiger charge is -2.09. The molecule has 1 aliphatic rings. The normalized spacial score (nSPS) is 14.8. The van der Waals surface area contributed by atoms with Crippen molar-refractivity contribution >= 4 is 11.6 Å². The molecule has 1 aromatic heterocycles. The van der Waals surface area contributed by atoms with Gasteiger partial charge in [-0.15, -0.1) is 10.2 Å². The van der Waals surface area contributed by atoms with Crippen molar-refractivity contribution in [2.45, 2.75) is 52.2 Å². The van der Waals surface area contributed by atoms with E-state index in [1.165, 1.54) is 6.42 Å². The maximum absolute atomic E-state index is 9.58. The number of hydrogen-bond donors (Lipinski definition) is 0. The zero-order valence-electron chi connectivity index (χ0n) is 14.2. The molecular formula is C19H22N4O. The molecule has 0 N–H and O–H groups in total. The third kappa shape index (κ3) is 3.65. The Kier molecular flexibility index (Phi) is 4.95. The SMILES string of the molecule is CC(C)Oc1ccc(/C=C(/C#N)c2nnc3n2CCCCC3)cc1. The monoisotopic (exact) mass is 322 g/mol. The number of allylic oxidation sites excluding steroid dienone is 1. The molecule has 0 unspecified atom stereocenters. The van der Waals surface area contributed by atoms with Crippen molar-refractivity contribution in [2.24, 2.45) is 0 Å². The minimum Gasteiger partial charge on any atom is -0.491 e. The highest BCUT2D eigenvalue weighted by molar-refractivity contribution is 5.87. The van der Waals surface area contributed by atoms with Crippen LogP contribution in [0.5, 0.6) is 5.75 Å². The average Bonchev–Trinajstić information content (AvgIpc) is 2.82. The van der Waals surface area contributed by atoms with Gasteiger partial charge in [-0.25, -0.2) is 0 Å². The van der Waals surface area contributed by atoms with Crippen molar-refractivity contribution in [2.75, 3.05) is 0 Å². The topological polar surface area (TPSA) is 63.7 Å². The van der Waals surface area contributed by atoms with Crippen LogP contribution in [0.2, 0.25) is 0 Å². The first kappa shape index (κ1) is 16.3. The van der Waals surface area contributed by atoms with Crippen LogP contribution in [0.25, 0.3) is 11.6 Å². The van der Waals surface area contributed by atoms with Gasteiger partial charge in [0.15, 0.2) is 5.82 Å². The van der Waals surface area contributed by atoms with Gasteiger partial charge in [0.1, 0.15) is 17.6 Å². The largest absolute Gasteiger partial charge is 0.491 e. The predicted molar refractivity (Wildman–Crippen MR) is 93.3 cm³/mol. The number of hydrogen-bond acceptors (Lipinski definition) is 4. The van der Waals surface area contributed by atoms with Gasteiger partial charge in [-0.3, -0.25) is 0 Å².